The summed E-state index contributed by atoms with van der Waals surface area (Å²) in [5.41, 5.74) is 1.19. The summed E-state index contributed by atoms with van der Waals surface area (Å²) < 4.78 is 54.9. The van der Waals surface area contributed by atoms with Crippen LogP contribution in [0, 0.1) is 0 Å². The summed E-state index contributed by atoms with van der Waals surface area (Å²) in [6.07, 6.45) is 2.87. The lowest BCUT2D eigenvalue weighted by Gasteiger charge is -2.27. The Bertz CT molecular complexity index is 855. The van der Waals surface area contributed by atoms with Crippen LogP contribution in [0.4, 0.5) is 23.2 Å². The number of alkyl halides is 4. The Morgan fingerprint density at radius 1 is 1.22 bits per heavy atom. The molecule has 1 aromatic carbocycles. The van der Waals surface area contributed by atoms with Crippen LogP contribution in [0.5, 0.6) is 5.75 Å². The van der Waals surface area contributed by atoms with Crippen LogP contribution < -0.4 is 9.64 Å². The monoisotopic (exact) mass is 380 g/mol. The van der Waals surface area contributed by atoms with Crippen molar-refractivity contribution >= 4 is 17.7 Å². The lowest BCUT2D eigenvalue weighted by Crippen LogP contribution is -2.34. The molecular formula is C19H16F4N2O2. The molecule has 3 rings (SSSR count). The lowest BCUT2D eigenvalue weighted by molar-refractivity contribution is -0.114. The van der Waals surface area contributed by atoms with Crippen molar-refractivity contribution in [3.63, 3.8) is 0 Å². The van der Waals surface area contributed by atoms with E-state index in [9.17, 15) is 22.4 Å². The van der Waals surface area contributed by atoms with Crippen molar-refractivity contribution in [3.8, 4) is 5.75 Å². The van der Waals surface area contributed by atoms with Gasteiger partial charge in [-0.2, -0.15) is 8.78 Å². The number of ether oxygens (including phenoxy) is 1. The van der Waals surface area contributed by atoms with E-state index in [-0.39, 0.29) is 11.5 Å². The molecule has 0 fully saturated rings. The summed E-state index contributed by atoms with van der Waals surface area (Å²) in [4.78, 5) is 18.3. The fourth-order valence-electron chi connectivity index (χ4n) is 2.92. The van der Waals surface area contributed by atoms with E-state index in [0.717, 1.165) is 36.4 Å². The molecule has 0 radical (unpaired) electrons. The van der Waals surface area contributed by atoms with Crippen LogP contribution in [0.15, 0.2) is 42.6 Å². The van der Waals surface area contributed by atoms with Crippen LogP contribution in [0.3, 0.4) is 0 Å². The molecule has 0 aliphatic carbocycles. The van der Waals surface area contributed by atoms with Gasteiger partial charge < -0.3 is 9.64 Å². The maximum absolute atomic E-state index is 13.1. The summed E-state index contributed by atoms with van der Waals surface area (Å²) in [5.74, 6) is -0.894. The Hall–Kier alpha value is -2.90. The van der Waals surface area contributed by atoms with Crippen LogP contribution in [-0.2, 0) is 11.2 Å². The van der Waals surface area contributed by atoms with E-state index in [1.165, 1.54) is 18.2 Å². The number of hydrogen-bond acceptors (Lipinski definition) is 3. The molecule has 0 spiro atoms. The summed E-state index contributed by atoms with van der Waals surface area (Å²) in [5, 5.41) is 0. The Kier molecular flexibility index (Phi) is 5.73. The fourth-order valence-corrected chi connectivity index (χ4v) is 2.92. The number of carbonyl (C=O) groups excluding carboxylic acids is 1. The lowest BCUT2D eigenvalue weighted by atomic mass is 10.1. The number of aryl methyl sites for hydroxylation is 1. The van der Waals surface area contributed by atoms with Gasteiger partial charge in [-0.3, -0.25) is 9.78 Å². The molecule has 1 amide bonds. The highest BCUT2D eigenvalue weighted by atomic mass is 19.3. The molecule has 1 aliphatic heterocycles. The molecule has 0 saturated heterocycles. The smallest absolute Gasteiger partial charge is 0.387 e. The van der Waals surface area contributed by atoms with E-state index in [4.69, 9.17) is 0 Å². The third-order valence-corrected chi connectivity index (χ3v) is 4.12. The Balaban J connectivity index is 1.80. The third-order valence-electron chi connectivity index (χ3n) is 4.12. The van der Waals surface area contributed by atoms with Gasteiger partial charge in [-0.1, -0.05) is 6.07 Å². The van der Waals surface area contributed by atoms with Crippen molar-refractivity contribution in [2.24, 2.45) is 0 Å². The molecule has 0 atom stereocenters. The van der Waals surface area contributed by atoms with Gasteiger partial charge in [0.05, 0.1) is 16.9 Å². The van der Waals surface area contributed by atoms with Gasteiger partial charge in [0.15, 0.2) is 0 Å². The SMILES string of the molecule is O=C(/C=C/c1ccc(OC(F)F)c(C(F)F)c1)N1CCCc2ncccc21. The number of hydrogen-bond donors (Lipinski definition) is 0. The predicted molar refractivity (Wildman–Crippen MR) is 92.0 cm³/mol. The molecule has 2 aromatic rings. The summed E-state index contributed by atoms with van der Waals surface area (Å²) in [6.45, 7) is -2.66. The molecular weight excluding hydrogens is 364 g/mol. The first kappa shape index (κ1) is 18.9. The third kappa shape index (κ3) is 4.45. The number of pyridine rings is 1. The highest BCUT2D eigenvalue weighted by Crippen LogP contribution is 2.31. The number of benzene rings is 1. The van der Waals surface area contributed by atoms with Gasteiger partial charge in [-0.05, 0) is 48.7 Å². The zero-order valence-electron chi connectivity index (χ0n) is 14.1. The average molecular weight is 380 g/mol. The number of fused-ring (bicyclic) bond motifs is 1. The van der Waals surface area contributed by atoms with Crippen LogP contribution in [-0.4, -0.2) is 24.0 Å². The predicted octanol–water partition coefficient (Wildman–Crippen LogP) is 4.61. The Morgan fingerprint density at radius 3 is 2.78 bits per heavy atom. The summed E-state index contributed by atoms with van der Waals surface area (Å²) >= 11 is 0. The fraction of sp³-hybridized carbons (Fsp3) is 0.263. The van der Waals surface area contributed by atoms with E-state index >= 15 is 0 Å². The first-order valence-electron chi connectivity index (χ1n) is 8.26. The zero-order chi connectivity index (χ0) is 19.4. The second-order valence-corrected chi connectivity index (χ2v) is 5.87. The molecule has 142 valence electrons. The number of nitrogens with zero attached hydrogens (tertiary/aromatic N) is 2. The zero-order valence-corrected chi connectivity index (χ0v) is 14.1. The summed E-state index contributed by atoms with van der Waals surface area (Å²) in [7, 11) is 0. The molecule has 8 heteroatoms. The van der Waals surface area contributed by atoms with Gasteiger partial charge in [0.2, 0.25) is 0 Å². The van der Waals surface area contributed by atoms with Gasteiger partial charge in [0.1, 0.15) is 5.75 Å². The second-order valence-electron chi connectivity index (χ2n) is 5.87. The first-order chi connectivity index (χ1) is 13.0. The van der Waals surface area contributed by atoms with Gasteiger partial charge in [0, 0.05) is 18.8 Å². The summed E-state index contributed by atoms with van der Waals surface area (Å²) in [6, 6.07) is 6.94. The Morgan fingerprint density at radius 2 is 2.04 bits per heavy atom. The van der Waals surface area contributed by atoms with Crippen molar-refractivity contribution in [1.82, 2.24) is 4.98 Å². The molecule has 0 saturated carbocycles. The minimum absolute atomic E-state index is 0.281. The molecule has 4 nitrogen and oxygen atoms in total. The maximum Gasteiger partial charge on any atom is 0.387 e. The molecule has 0 bridgehead atoms. The molecule has 2 heterocycles. The van der Waals surface area contributed by atoms with Crippen molar-refractivity contribution in [2.75, 3.05) is 11.4 Å². The van der Waals surface area contributed by atoms with E-state index in [1.54, 1.807) is 23.2 Å². The minimum Gasteiger partial charge on any atom is -0.434 e. The van der Waals surface area contributed by atoms with Crippen LogP contribution in [0.1, 0.15) is 29.7 Å². The molecule has 0 N–H and O–H groups in total. The highest BCUT2D eigenvalue weighted by Gasteiger charge is 2.21. The maximum atomic E-state index is 13.1. The topological polar surface area (TPSA) is 42.4 Å². The van der Waals surface area contributed by atoms with Crippen molar-refractivity contribution < 1.29 is 27.1 Å². The molecule has 1 aliphatic rings. The highest BCUT2D eigenvalue weighted by molar-refractivity contribution is 6.04. The van der Waals surface area contributed by atoms with Crippen LogP contribution >= 0.6 is 0 Å². The largest absolute Gasteiger partial charge is 0.434 e. The standard InChI is InChI=1S/C19H16F4N2O2/c20-18(21)13-11-12(5-7-16(13)27-19(22)23)6-8-17(26)25-10-2-3-14-15(25)4-1-9-24-14/h1,4-9,11,18-19H,2-3,10H2/b8-6+. The van der Waals surface area contributed by atoms with E-state index in [0.29, 0.717) is 6.54 Å². The van der Waals surface area contributed by atoms with Crippen molar-refractivity contribution in [1.29, 1.82) is 0 Å². The van der Waals surface area contributed by atoms with E-state index < -0.39 is 24.3 Å². The van der Waals surface area contributed by atoms with Crippen LogP contribution in [0.25, 0.3) is 6.08 Å². The quantitative estimate of drug-likeness (QED) is 0.562. The number of halogens is 4. The van der Waals surface area contributed by atoms with Crippen LogP contribution in [0.2, 0.25) is 0 Å². The normalized spacial score (nSPS) is 14.1. The minimum atomic E-state index is -3.20. The number of anilines is 1. The first-order valence-corrected chi connectivity index (χ1v) is 8.26. The molecule has 1 aromatic heterocycles. The van der Waals surface area contributed by atoms with E-state index in [2.05, 4.69) is 9.72 Å². The molecule has 27 heavy (non-hydrogen) atoms. The van der Waals surface area contributed by atoms with E-state index in [1.807, 2.05) is 0 Å². The van der Waals surface area contributed by atoms with Gasteiger partial charge in [-0.15, -0.1) is 0 Å². The van der Waals surface area contributed by atoms with Gasteiger partial charge in [-0.25, -0.2) is 8.78 Å². The number of rotatable bonds is 5. The van der Waals surface area contributed by atoms with Crippen molar-refractivity contribution in [3.05, 3.63) is 59.4 Å². The second kappa shape index (κ2) is 8.20. The van der Waals surface area contributed by atoms with Gasteiger partial charge in [0.25, 0.3) is 12.3 Å². The van der Waals surface area contributed by atoms with Gasteiger partial charge >= 0.3 is 6.61 Å². The number of amides is 1. The Labute approximate surface area is 153 Å². The van der Waals surface area contributed by atoms with Crippen molar-refractivity contribution in [2.45, 2.75) is 25.9 Å². The number of aromatic nitrogens is 1. The number of carbonyl (C=O) groups is 1. The average Bonchev–Trinajstić information content (AvgIpc) is 2.65. The molecule has 0 unspecified atom stereocenters.